The maximum atomic E-state index is 13.1. The number of ether oxygens (including phenoxy) is 1. The topological polar surface area (TPSA) is 67.6 Å². The lowest BCUT2D eigenvalue weighted by Crippen LogP contribution is -2.51. The number of aliphatic hydroxyl groups is 1. The molecule has 0 spiro atoms. The van der Waals surface area contributed by atoms with Crippen molar-refractivity contribution in [3.05, 3.63) is 30.0 Å². The summed E-state index contributed by atoms with van der Waals surface area (Å²) in [5.41, 5.74) is 1.47. The fourth-order valence-corrected chi connectivity index (χ4v) is 3.96. The Morgan fingerprint density at radius 2 is 2.22 bits per heavy atom. The van der Waals surface area contributed by atoms with Gasteiger partial charge in [-0.2, -0.15) is 5.10 Å². The number of para-hydroxylation sites is 1. The zero-order chi connectivity index (χ0) is 16.0. The number of morpholine rings is 1. The number of amides is 1. The van der Waals surface area contributed by atoms with Crippen LogP contribution >= 0.6 is 0 Å². The van der Waals surface area contributed by atoms with Crippen LogP contribution < -0.4 is 0 Å². The van der Waals surface area contributed by atoms with Crippen molar-refractivity contribution in [3.8, 4) is 0 Å². The third kappa shape index (κ3) is 2.33. The molecule has 2 aromatic rings. The van der Waals surface area contributed by atoms with Crippen LogP contribution in [-0.4, -0.2) is 57.6 Å². The molecule has 1 aliphatic heterocycles. The normalized spacial score (nSPS) is 27.4. The van der Waals surface area contributed by atoms with Crippen molar-refractivity contribution in [2.24, 2.45) is 13.0 Å². The van der Waals surface area contributed by atoms with Crippen molar-refractivity contribution in [1.82, 2.24) is 14.7 Å². The number of carbonyl (C=O) groups is 1. The molecule has 0 bridgehead atoms. The van der Waals surface area contributed by atoms with Crippen molar-refractivity contribution in [1.29, 1.82) is 0 Å². The van der Waals surface area contributed by atoms with Gasteiger partial charge in [0.25, 0.3) is 5.91 Å². The molecule has 23 heavy (non-hydrogen) atoms. The molecular formula is C17H21N3O3. The van der Waals surface area contributed by atoms with Crippen LogP contribution in [0.5, 0.6) is 0 Å². The van der Waals surface area contributed by atoms with Crippen LogP contribution in [-0.2, 0) is 11.8 Å². The highest BCUT2D eigenvalue weighted by Crippen LogP contribution is 2.35. The third-order valence-electron chi connectivity index (χ3n) is 5.11. The van der Waals surface area contributed by atoms with Crippen molar-refractivity contribution in [2.75, 3.05) is 19.8 Å². The summed E-state index contributed by atoms with van der Waals surface area (Å²) >= 11 is 0. The van der Waals surface area contributed by atoms with Crippen LogP contribution in [0.3, 0.4) is 0 Å². The number of carbonyl (C=O) groups excluding carboxylic acids is 1. The molecule has 1 aromatic carbocycles. The standard InChI is InChI=1S/C17H21N3O3/c1-19-13-5-3-2-4-12(13)16(18-19)17(22)20-6-7-23-15-9-11(10-21)8-14(15)20/h2-5,11,14-15,21H,6-10H2,1H3/t11-,14+,15?/m1/s1. The smallest absolute Gasteiger partial charge is 0.275 e. The number of benzene rings is 1. The van der Waals surface area contributed by atoms with E-state index in [0.717, 1.165) is 23.7 Å². The molecule has 2 aliphatic rings. The number of rotatable bonds is 2. The molecule has 1 aromatic heterocycles. The van der Waals surface area contributed by atoms with Gasteiger partial charge in [0.1, 0.15) is 0 Å². The summed E-state index contributed by atoms with van der Waals surface area (Å²) in [7, 11) is 1.86. The van der Waals surface area contributed by atoms with Crippen molar-refractivity contribution in [2.45, 2.75) is 25.0 Å². The second kappa shape index (κ2) is 5.62. The predicted octanol–water partition coefficient (Wildman–Crippen LogP) is 1.19. The molecule has 6 heteroatoms. The largest absolute Gasteiger partial charge is 0.396 e. The van der Waals surface area contributed by atoms with E-state index in [2.05, 4.69) is 5.10 Å². The van der Waals surface area contributed by atoms with Crippen LogP contribution in [0.25, 0.3) is 10.9 Å². The van der Waals surface area contributed by atoms with Crippen molar-refractivity contribution < 1.29 is 14.6 Å². The monoisotopic (exact) mass is 315 g/mol. The first-order valence-electron chi connectivity index (χ1n) is 8.14. The molecule has 1 unspecified atom stereocenters. The lowest BCUT2D eigenvalue weighted by molar-refractivity contribution is -0.0450. The third-order valence-corrected chi connectivity index (χ3v) is 5.11. The molecule has 2 fully saturated rings. The van der Waals surface area contributed by atoms with Gasteiger partial charge in [0.2, 0.25) is 0 Å². The number of aryl methyl sites for hydroxylation is 1. The van der Waals surface area contributed by atoms with E-state index < -0.39 is 0 Å². The lowest BCUT2D eigenvalue weighted by Gasteiger charge is -2.37. The molecule has 1 aliphatic carbocycles. The Morgan fingerprint density at radius 3 is 3.04 bits per heavy atom. The second-order valence-corrected chi connectivity index (χ2v) is 6.48. The summed E-state index contributed by atoms with van der Waals surface area (Å²) < 4.78 is 7.57. The molecule has 0 radical (unpaired) electrons. The Labute approximate surface area is 134 Å². The van der Waals surface area contributed by atoms with Gasteiger partial charge in [-0.25, -0.2) is 0 Å². The van der Waals surface area contributed by atoms with Gasteiger partial charge < -0.3 is 14.7 Å². The van der Waals surface area contributed by atoms with E-state index >= 15 is 0 Å². The van der Waals surface area contributed by atoms with Gasteiger partial charge in [0, 0.05) is 25.6 Å². The second-order valence-electron chi connectivity index (χ2n) is 6.48. The predicted molar refractivity (Wildman–Crippen MR) is 85.1 cm³/mol. The van der Waals surface area contributed by atoms with Crippen LogP contribution in [0.1, 0.15) is 23.3 Å². The van der Waals surface area contributed by atoms with Crippen molar-refractivity contribution in [3.63, 3.8) is 0 Å². The maximum absolute atomic E-state index is 13.1. The molecule has 2 heterocycles. The van der Waals surface area contributed by atoms with Gasteiger partial charge in [-0.3, -0.25) is 9.48 Å². The molecule has 3 atom stereocenters. The van der Waals surface area contributed by atoms with Crippen LogP contribution in [0.15, 0.2) is 24.3 Å². The Balaban J connectivity index is 1.68. The molecule has 1 saturated heterocycles. The van der Waals surface area contributed by atoms with Crippen LogP contribution in [0.4, 0.5) is 0 Å². The molecule has 4 rings (SSSR count). The zero-order valence-corrected chi connectivity index (χ0v) is 13.2. The average Bonchev–Trinajstić information content (AvgIpc) is 3.15. The van der Waals surface area contributed by atoms with Gasteiger partial charge in [-0.1, -0.05) is 18.2 Å². The van der Waals surface area contributed by atoms with Crippen LogP contribution in [0, 0.1) is 5.92 Å². The first kappa shape index (κ1) is 14.7. The summed E-state index contributed by atoms with van der Waals surface area (Å²) in [4.78, 5) is 15.0. The van der Waals surface area contributed by atoms with Gasteiger partial charge >= 0.3 is 0 Å². The summed E-state index contributed by atoms with van der Waals surface area (Å²) in [6.45, 7) is 1.30. The van der Waals surface area contributed by atoms with Crippen molar-refractivity contribution >= 4 is 16.8 Å². The van der Waals surface area contributed by atoms with Gasteiger partial charge in [0.05, 0.1) is 24.3 Å². The number of fused-ring (bicyclic) bond motifs is 2. The quantitative estimate of drug-likeness (QED) is 0.904. The fraction of sp³-hybridized carbons (Fsp3) is 0.529. The minimum atomic E-state index is -0.0290. The van der Waals surface area contributed by atoms with Gasteiger partial charge in [-0.15, -0.1) is 0 Å². The first-order chi connectivity index (χ1) is 11.2. The number of hydrogen-bond donors (Lipinski definition) is 1. The maximum Gasteiger partial charge on any atom is 0.275 e. The molecule has 1 N–H and O–H groups in total. The molecule has 6 nitrogen and oxygen atoms in total. The zero-order valence-electron chi connectivity index (χ0n) is 13.2. The van der Waals surface area contributed by atoms with E-state index in [0.29, 0.717) is 18.8 Å². The van der Waals surface area contributed by atoms with E-state index in [9.17, 15) is 9.90 Å². The highest BCUT2D eigenvalue weighted by atomic mass is 16.5. The number of hydrogen-bond acceptors (Lipinski definition) is 4. The van der Waals surface area contributed by atoms with E-state index in [1.807, 2.05) is 36.2 Å². The first-order valence-corrected chi connectivity index (χ1v) is 8.14. The van der Waals surface area contributed by atoms with E-state index in [1.165, 1.54) is 0 Å². The van der Waals surface area contributed by atoms with E-state index in [1.54, 1.807) is 4.68 Å². The lowest BCUT2D eigenvalue weighted by atomic mass is 10.1. The summed E-state index contributed by atoms with van der Waals surface area (Å²) in [5, 5.41) is 14.8. The summed E-state index contributed by atoms with van der Waals surface area (Å²) in [6.07, 6.45) is 1.67. The molecule has 1 saturated carbocycles. The highest BCUT2D eigenvalue weighted by molar-refractivity contribution is 6.05. The highest BCUT2D eigenvalue weighted by Gasteiger charge is 2.43. The number of nitrogens with zero attached hydrogens (tertiary/aromatic N) is 3. The summed E-state index contributed by atoms with van der Waals surface area (Å²) in [6, 6.07) is 7.85. The molecule has 122 valence electrons. The van der Waals surface area contributed by atoms with E-state index in [-0.39, 0.29) is 30.6 Å². The summed E-state index contributed by atoms with van der Waals surface area (Å²) in [5.74, 6) is 0.192. The SMILES string of the molecule is Cn1nc(C(=O)N2CCOC3C[C@H](CO)C[C@@H]32)c2ccccc21. The van der Waals surface area contributed by atoms with E-state index in [4.69, 9.17) is 4.74 Å². The average molecular weight is 315 g/mol. The van der Waals surface area contributed by atoms with Gasteiger partial charge in [-0.05, 0) is 24.8 Å². The fourth-order valence-electron chi connectivity index (χ4n) is 3.96. The molecular weight excluding hydrogens is 294 g/mol. The minimum Gasteiger partial charge on any atom is -0.396 e. The van der Waals surface area contributed by atoms with Crippen LogP contribution in [0.2, 0.25) is 0 Å². The Kier molecular flexibility index (Phi) is 3.58. The molecule has 1 amide bonds. The Hall–Kier alpha value is -1.92. The Bertz CT molecular complexity index is 742. The minimum absolute atomic E-state index is 0.0290. The van der Waals surface area contributed by atoms with Gasteiger partial charge in [0.15, 0.2) is 5.69 Å². The number of aromatic nitrogens is 2. The Morgan fingerprint density at radius 1 is 1.39 bits per heavy atom. The number of aliphatic hydroxyl groups excluding tert-OH is 1.